The van der Waals surface area contributed by atoms with Crippen LogP contribution < -0.4 is 10.6 Å². The number of aryl methyl sites for hydroxylation is 1. The first-order chi connectivity index (χ1) is 10.5. The van der Waals surface area contributed by atoms with Crippen LogP contribution in [-0.2, 0) is 11.2 Å². The molecule has 0 spiro atoms. The first kappa shape index (κ1) is 16.8. The Morgan fingerprint density at radius 3 is 2.77 bits per heavy atom. The largest absolute Gasteiger partial charge is 0.375 e. The lowest BCUT2D eigenvalue weighted by Gasteiger charge is -2.10. The van der Waals surface area contributed by atoms with Gasteiger partial charge in [0.05, 0.1) is 6.54 Å². The molecule has 2 rings (SSSR count). The van der Waals surface area contributed by atoms with Crippen molar-refractivity contribution in [3.8, 4) is 0 Å². The van der Waals surface area contributed by atoms with Gasteiger partial charge in [-0.3, -0.25) is 4.79 Å². The maximum absolute atomic E-state index is 11.8. The molecule has 0 atom stereocenters. The highest BCUT2D eigenvalue weighted by molar-refractivity contribution is 9.10. The molecule has 0 aliphatic rings. The van der Waals surface area contributed by atoms with Crippen LogP contribution in [0.15, 0.2) is 46.9 Å². The lowest BCUT2D eigenvalue weighted by molar-refractivity contribution is -0.119. The Hall–Kier alpha value is -1.52. The molecule has 0 heterocycles. The van der Waals surface area contributed by atoms with Crippen molar-refractivity contribution >= 4 is 39.1 Å². The zero-order valence-electron chi connectivity index (χ0n) is 12.3. The van der Waals surface area contributed by atoms with Gasteiger partial charge in [0.15, 0.2) is 0 Å². The molecule has 1 amide bonds. The number of benzene rings is 2. The van der Waals surface area contributed by atoms with Crippen molar-refractivity contribution < 1.29 is 4.79 Å². The van der Waals surface area contributed by atoms with E-state index in [9.17, 15) is 4.79 Å². The van der Waals surface area contributed by atoms with Crippen LogP contribution in [0, 0.1) is 6.92 Å². The van der Waals surface area contributed by atoms with Gasteiger partial charge in [0.25, 0.3) is 0 Å². The molecule has 22 heavy (non-hydrogen) atoms. The van der Waals surface area contributed by atoms with Gasteiger partial charge in [0.2, 0.25) is 5.91 Å². The third-order valence-corrected chi connectivity index (χ3v) is 4.08. The minimum absolute atomic E-state index is 0.0329. The van der Waals surface area contributed by atoms with Gasteiger partial charge in [0.1, 0.15) is 0 Å². The third kappa shape index (κ3) is 5.35. The van der Waals surface area contributed by atoms with E-state index in [2.05, 4.69) is 26.6 Å². The quantitative estimate of drug-likeness (QED) is 0.788. The molecule has 0 aliphatic heterocycles. The van der Waals surface area contributed by atoms with Crippen LogP contribution in [-0.4, -0.2) is 19.0 Å². The van der Waals surface area contributed by atoms with Gasteiger partial charge < -0.3 is 10.6 Å². The summed E-state index contributed by atoms with van der Waals surface area (Å²) in [6, 6.07) is 13.6. The molecule has 5 heteroatoms. The Labute approximate surface area is 144 Å². The van der Waals surface area contributed by atoms with Crippen LogP contribution >= 0.6 is 27.5 Å². The van der Waals surface area contributed by atoms with Gasteiger partial charge in [-0.2, -0.15) is 0 Å². The van der Waals surface area contributed by atoms with Crippen molar-refractivity contribution in [3.63, 3.8) is 0 Å². The maximum atomic E-state index is 11.8. The summed E-state index contributed by atoms with van der Waals surface area (Å²) in [7, 11) is 0. The van der Waals surface area contributed by atoms with E-state index in [-0.39, 0.29) is 12.5 Å². The smallest absolute Gasteiger partial charge is 0.239 e. The molecule has 3 nitrogen and oxygen atoms in total. The summed E-state index contributed by atoms with van der Waals surface area (Å²) in [4.78, 5) is 11.8. The lowest BCUT2D eigenvalue weighted by Crippen LogP contribution is -2.31. The number of amides is 1. The summed E-state index contributed by atoms with van der Waals surface area (Å²) in [5, 5.41) is 6.73. The van der Waals surface area contributed by atoms with Crippen molar-refractivity contribution in [1.82, 2.24) is 5.32 Å². The first-order valence-corrected chi connectivity index (χ1v) is 8.23. The summed E-state index contributed by atoms with van der Waals surface area (Å²) >= 11 is 9.41. The maximum Gasteiger partial charge on any atom is 0.239 e. The molecule has 0 bridgehead atoms. The Bertz CT molecular complexity index is 661. The van der Waals surface area contributed by atoms with E-state index in [0.29, 0.717) is 6.54 Å². The van der Waals surface area contributed by atoms with Crippen molar-refractivity contribution in [2.24, 2.45) is 0 Å². The minimum Gasteiger partial charge on any atom is -0.375 e. The van der Waals surface area contributed by atoms with Crippen molar-refractivity contribution in [2.75, 3.05) is 18.4 Å². The van der Waals surface area contributed by atoms with E-state index >= 15 is 0 Å². The van der Waals surface area contributed by atoms with E-state index < -0.39 is 0 Å². The molecular formula is C17H18BrClN2O. The number of anilines is 1. The van der Waals surface area contributed by atoms with Crippen LogP contribution in [0.25, 0.3) is 0 Å². The van der Waals surface area contributed by atoms with E-state index in [1.54, 1.807) is 0 Å². The highest BCUT2D eigenvalue weighted by Crippen LogP contribution is 2.22. The number of halogens is 2. The van der Waals surface area contributed by atoms with Gasteiger partial charge >= 0.3 is 0 Å². The molecule has 2 N–H and O–H groups in total. The van der Waals surface area contributed by atoms with Crippen LogP contribution in [0.2, 0.25) is 5.02 Å². The highest BCUT2D eigenvalue weighted by Gasteiger charge is 2.04. The van der Waals surface area contributed by atoms with Crippen molar-refractivity contribution in [2.45, 2.75) is 13.3 Å². The molecule has 0 radical (unpaired) electrons. The minimum atomic E-state index is -0.0329. The molecule has 0 aliphatic carbocycles. The summed E-state index contributed by atoms with van der Waals surface area (Å²) < 4.78 is 0.958. The highest BCUT2D eigenvalue weighted by atomic mass is 79.9. The number of rotatable bonds is 6. The second kappa shape index (κ2) is 8.20. The Morgan fingerprint density at radius 1 is 1.23 bits per heavy atom. The standard InChI is InChI=1S/C17H18BrClN2O/c1-12-5-6-16(15(18)9-12)21-11-17(22)20-8-7-13-3-2-4-14(19)10-13/h2-6,9-10,21H,7-8,11H2,1H3,(H,20,22). The van der Waals surface area contributed by atoms with E-state index in [1.165, 1.54) is 5.56 Å². The molecule has 0 unspecified atom stereocenters. The topological polar surface area (TPSA) is 41.1 Å². The van der Waals surface area contributed by atoms with Gasteiger partial charge in [-0.05, 0) is 64.7 Å². The van der Waals surface area contributed by atoms with Crippen LogP contribution in [0.5, 0.6) is 0 Å². The van der Waals surface area contributed by atoms with E-state index in [4.69, 9.17) is 11.6 Å². The molecule has 0 fully saturated rings. The molecule has 0 saturated carbocycles. The average molecular weight is 382 g/mol. The number of hydrogen-bond donors (Lipinski definition) is 2. The average Bonchev–Trinajstić information content (AvgIpc) is 2.46. The molecule has 2 aromatic rings. The summed E-state index contributed by atoms with van der Waals surface area (Å²) in [5.41, 5.74) is 3.20. The Kier molecular flexibility index (Phi) is 6.28. The fourth-order valence-corrected chi connectivity index (χ4v) is 2.89. The summed E-state index contributed by atoms with van der Waals surface area (Å²) in [5.74, 6) is -0.0329. The predicted octanol–water partition coefficient (Wildman–Crippen LogP) is 4.18. The number of hydrogen-bond acceptors (Lipinski definition) is 2. The molecule has 2 aromatic carbocycles. The van der Waals surface area contributed by atoms with Gasteiger partial charge in [-0.1, -0.05) is 29.8 Å². The predicted molar refractivity (Wildman–Crippen MR) is 95.5 cm³/mol. The second-order valence-electron chi connectivity index (χ2n) is 5.07. The zero-order chi connectivity index (χ0) is 15.9. The number of carbonyl (C=O) groups is 1. The fourth-order valence-electron chi connectivity index (χ4n) is 2.04. The Morgan fingerprint density at radius 2 is 2.05 bits per heavy atom. The van der Waals surface area contributed by atoms with Crippen LogP contribution in [0.4, 0.5) is 5.69 Å². The molecular weight excluding hydrogens is 364 g/mol. The van der Waals surface area contributed by atoms with Gasteiger partial charge in [0, 0.05) is 21.7 Å². The van der Waals surface area contributed by atoms with Crippen molar-refractivity contribution in [3.05, 3.63) is 63.1 Å². The van der Waals surface area contributed by atoms with Crippen LogP contribution in [0.1, 0.15) is 11.1 Å². The number of carbonyl (C=O) groups excluding carboxylic acids is 1. The summed E-state index contributed by atoms with van der Waals surface area (Å²) in [6.07, 6.45) is 0.764. The molecule has 0 aromatic heterocycles. The summed E-state index contributed by atoms with van der Waals surface area (Å²) in [6.45, 7) is 2.87. The fraction of sp³-hybridized carbons (Fsp3) is 0.235. The van der Waals surface area contributed by atoms with Crippen LogP contribution in [0.3, 0.4) is 0 Å². The first-order valence-electron chi connectivity index (χ1n) is 7.06. The lowest BCUT2D eigenvalue weighted by atomic mass is 10.1. The monoisotopic (exact) mass is 380 g/mol. The Balaban J connectivity index is 1.74. The molecule has 0 saturated heterocycles. The van der Waals surface area contributed by atoms with E-state index in [0.717, 1.165) is 27.2 Å². The normalized spacial score (nSPS) is 10.3. The second-order valence-corrected chi connectivity index (χ2v) is 6.36. The van der Waals surface area contributed by atoms with E-state index in [1.807, 2.05) is 49.4 Å². The van der Waals surface area contributed by atoms with Gasteiger partial charge in [-0.15, -0.1) is 0 Å². The van der Waals surface area contributed by atoms with Crippen molar-refractivity contribution in [1.29, 1.82) is 0 Å². The number of nitrogens with one attached hydrogen (secondary N) is 2. The van der Waals surface area contributed by atoms with Gasteiger partial charge in [-0.25, -0.2) is 0 Å². The third-order valence-electron chi connectivity index (χ3n) is 3.19. The molecule has 116 valence electrons. The zero-order valence-corrected chi connectivity index (χ0v) is 14.7. The SMILES string of the molecule is Cc1ccc(NCC(=O)NCCc2cccc(Cl)c2)c(Br)c1.